The fourth-order valence-electron chi connectivity index (χ4n) is 5.32. The minimum Gasteiger partial charge on any atom is -0.504 e. The number of carbonyl (C=O) groups is 1. The number of hydrogen-bond acceptors (Lipinski definition) is 7. The number of halogens is 2. The van der Waals surface area contributed by atoms with Crippen LogP contribution in [0.2, 0.25) is 5.02 Å². The van der Waals surface area contributed by atoms with Gasteiger partial charge in [-0.3, -0.25) is 9.69 Å². The van der Waals surface area contributed by atoms with Crippen molar-refractivity contribution in [2.24, 2.45) is 0 Å². The Hall–Kier alpha value is -3.17. The number of ether oxygens (including phenoxy) is 1. The zero-order valence-electron chi connectivity index (χ0n) is 21.8. The van der Waals surface area contributed by atoms with Gasteiger partial charge in [0.25, 0.3) is 0 Å². The Labute approximate surface area is 227 Å². The van der Waals surface area contributed by atoms with Crippen LogP contribution in [0.1, 0.15) is 51.4 Å². The van der Waals surface area contributed by atoms with Crippen LogP contribution < -0.4 is 15.4 Å². The topological polar surface area (TPSA) is 99.6 Å². The number of hydrogen-bond donors (Lipinski definition) is 3. The molecule has 1 saturated heterocycles. The standard InChI is InChI=1S/C15H11ClFN3O2.C13H24N2O/c1-22-13-6-11-8(5-12(13)21)15(19-7-18-11)20-10-4-2-3-9(16)14(10)17;1-14-13(16)12-9-5-6-10-15(12)11-7-3-2-4-8-11/h2-7,21H,1H3,(H,18,19,20);11-12H,2-10H2,1H3,(H,14,16)/t;12-/m.0/s1. The van der Waals surface area contributed by atoms with Gasteiger partial charge in [0.15, 0.2) is 17.3 Å². The summed E-state index contributed by atoms with van der Waals surface area (Å²) < 4.78 is 19.0. The molecule has 1 saturated carbocycles. The lowest BCUT2D eigenvalue weighted by Crippen LogP contribution is -2.53. The maximum absolute atomic E-state index is 14.0. The Morgan fingerprint density at radius 1 is 1.13 bits per heavy atom. The number of likely N-dealkylation sites (tertiary alicyclic amines) is 1. The maximum atomic E-state index is 14.0. The molecule has 8 nitrogen and oxygen atoms in total. The van der Waals surface area contributed by atoms with Crippen LogP contribution in [-0.2, 0) is 4.79 Å². The van der Waals surface area contributed by atoms with E-state index in [2.05, 4.69) is 25.5 Å². The normalized spacial score (nSPS) is 18.4. The molecule has 0 radical (unpaired) electrons. The fourth-order valence-corrected chi connectivity index (χ4v) is 5.49. The van der Waals surface area contributed by atoms with Gasteiger partial charge in [-0.05, 0) is 50.4 Å². The van der Waals surface area contributed by atoms with Crippen LogP contribution in [0, 0.1) is 5.82 Å². The second kappa shape index (κ2) is 13.1. The predicted octanol–water partition coefficient (Wildman–Crippen LogP) is 5.80. The van der Waals surface area contributed by atoms with Crippen LogP contribution in [-0.4, -0.2) is 58.7 Å². The average Bonchev–Trinajstić information content (AvgIpc) is 2.96. The van der Waals surface area contributed by atoms with E-state index in [1.165, 1.54) is 70.5 Å². The van der Waals surface area contributed by atoms with Crippen LogP contribution >= 0.6 is 11.6 Å². The number of piperidine rings is 1. The van der Waals surface area contributed by atoms with Crippen LogP contribution in [0.15, 0.2) is 36.7 Å². The molecule has 2 aliphatic rings. The van der Waals surface area contributed by atoms with Crippen molar-refractivity contribution >= 4 is 39.9 Å². The molecule has 10 heteroatoms. The average molecular weight is 544 g/mol. The number of likely N-dealkylation sites (N-methyl/N-ethyl adjacent to an activating group) is 1. The third-order valence-electron chi connectivity index (χ3n) is 7.28. The number of carbonyl (C=O) groups excluding carboxylic acids is 1. The molecule has 1 aromatic heterocycles. The molecule has 38 heavy (non-hydrogen) atoms. The Morgan fingerprint density at radius 2 is 1.89 bits per heavy atom. The van der Waals surface area contributed by atoms with E-state index in [1.807, 2.05) is 0 Å². The van der Waals surface area contributed by atoms with Crippen molar-refractivity contribution in [1.82, 2.24) is 20.2 Å². The van der Waals surface area contributed by atoms with Crippen molar-refractivity contribution in [2.75, 3.05) is 26.0 Å². The minimum absolute atomic E-state index is 0.00729. The number of benzene rings is 2. The molecule has 3 aromatic rings. The van der Waals surface area contributed by atoms with Gasteiger partial charge in [0, 0.05) is 24.5 Å². The van der Waals surface area contributed by atoms with Gasteiger partial charge in [0.2, 0.25) is 5.91 Å². The Kier molecular flexibility index (Phi) is 9.58. The van der Waals surface area contributed by atoms with E-state index in [4.69, 9.17) is 16.3 Å². The molecule has 2 heterocycles. The van der Waals surface area contributed by atoms with E-state index in [9.17, 15) is 14.3 Å². The van der Waals surface area contributed by atoms with Crippen molar-refractivity contribution in [3.63, 3.8) is 0 Å². The summed E-state index contributed by atoms with van der Waals surface area (Å²) in [5.41, 5.74) is 0.734. The van der Waals surface area contributed by atoms with E-state index in [1.54, 1.807) is 25.2 Å². The molecular weight excluding hydrogens is 509 g/mol. The van der Waals surface area contributed by atoms with Crippen molar-refractivity contribution < 1.29 is 19.0 Å². The molecule has 0 spiro atoms. The van der Waals surface area contributed by atoms with Crippen molar-refractivity contribution in [3.05, 3.63) is 47.5 Å². The zero-order chi connectivity index (χ0) is 27.1. The zero-order valence-corrected chi connectivity index (χ0v) is 22.6. The summed E-state index contributed by atoms with van der Waals surface area (Å²) in [6.45, 7) is 1.13. The summed E-state index contributed by atoms with van der Waals surface area (Å²) >= 11 is 5.76. The lowest BCUT2D eigenvalue weighted by molar-refractivity contribution is -0.128. The van der Waals surface area contributed by atoms with Crippen LogP contribution in [0.3, 0.4) is 0 Å². The van der Waals surface area contributed by atoms with E-state index >= 15 is 0 Å². The number of amides is 1. The van der Waals surface area contributed by atoms with Gasteiger partial charge in [-0.15, -0.1) is 0 Å². The number of aromatic nitrogens is 2. The summed E-state index contributed by atoms with van der Waals surface area (Å²) in [7, 11) is 3.21. The number of phenols is 1. The highest BCUT2D eigenvalue weighted by molar-refractivity contribution is 6.31. The molecule has 0 unspecified atom stereocenters. The van der Waals surface area contributed by atoms with E-state index in [-0.39, 0.29) is 28.4 Å². The van der Waals surface area contributed by atoms with E-state index < -0.39 is 5.82 Å². The smallest absolute Gasteiger partial charge is 0.237 e. The first-order chi connectivity index (χ1) is 18.4. The monoisotopic (exact) mass is 543 g/mol. The lowest BCUT2D eigenvalue weighted by atomic mass is 9.90. The third-order valence-corrected chi connectivity index (χ3v) is 7.57. The predicted molar refractivity (Wildman–Crippen MR) is 148 cm³/mol. The first-order valence-corrected chi connectivity index (χ1v) is 13.5. The van der Waals surface area contributed by atoms with Gasteiger partial charge in [0.1, 0.15) is 12.1 Å². The number of anilines is 2. The number of nitrogens with one attached hydrogen (secondary N) is 2. The first-order valence-electron chi connectivity index (χ1n) is 13.1. The van der Waals surface area contributed by atoms with Crippen molar-refractivity contribution in [1.29, 1.82) is 0 Å². The quantitative estimate of drug-likeness (QED) is 0.374. The largest absolute Gasteiger partial charge is 0.504 e. The first kappa shape index (κ1) is 27.9. The highest BCUT2D eigenvalue weighted by atomic mass is 35.5. The Morgan fingerprint density at radius 3 is 2.63 bits per heavy atom. The fraction of sp³-hybridized carbons (Fsp3) is 0.464. The second-order valence-electron chi connectivity index (χ2n) is 9.65. The molecule has 0 bridgehead atoms. The number of phenolic OH excluding ortho intramolecular Hbond substituents is 1. The minimum atomic E-state index is -0.575. The van der Waals surface area contributed by atoms with Crippen molar-refractivity contribution in [2.45, 2.75) is 63.5 Å². The van der Waals surface area contributed by atoms with Gasteiger partial charge in [-0.25, -0.2) is 14.4 Å². The van der Waals surface area contributed by atoms with Crippen LogP contribution in [0.4, 0.5) is 15.9 Å². The summed E-state index contributed by atoms with van der Waals surface area (Å²) in [5.74, 6) is 0.244. The molecule has 1 atom stereocenters. The SMILES string of the molecule is CNC(=O)[C@@H]1CCCCN1C1CCCCC1.COc1cc2ncnc(Nc3cccc(Cl)c3F)c2cc1O. The summed E-state index contributed by atoms with van der Waals surface area (Å²) in [4.78, 5) is 22.6. The third kappa shape index (κ3) is 6.45. The summed E-state index contributed by atoms with van der Waals surface area (Å²) in [5, 5.41) is 16.1. The van der Waals surface area contributed by atoms with Gasteiger partial charge < -0.3 is 20.5 Å². The Balaban J connectivity index is 0.000000186. The highest BCUT2D eigenvalue weighted by Crippen LogP contribution is 2.34. The molecule has 1 aliphatic heterocycles. The molecule has 3 N–H and O–H groups in total. The molecule has 1 aliphatic carbocycles. The van der Waals surface area contributed by atoms with Crippen LogP contribution in [0.5, 0.6) is 11.5 Å². The van der Waals surface area contributed by atoms with Gasteiger partial charge in [-0.2, -0.15) is 0 Å². The second-order valence-corrected chi connectivity index (χ2v) is 10.1. The Bertz CT molecular complexity index is 1250. The van der Waals surface area contributed by atoms with E-state index in [0.717, 1.165) is 13.0 Å². The molecular formula is C28H35ClFN5O3. The van der Waals surface area contributed by atoms with Gasteiger partial charge >= 0.3 is 0 Å². The molecule has 2 aromatic carbocycles. The van der Waals surface area contributed by atoms with Gasteiger partial charge in [-0.1, -0.05) is 43.4 Å². The lowest BCUT2D eigenvalue weighted by Gasteiger charge is -2.41. The van der Waals surface area contributed by atoms with Gasteiger partial charge in [0.05, 0.1) is 29.4 Å². The number of nitrogens with zero attached hydrogens (tertiary/aromatic N) is 3. The van der Waals surface area contributed by atoms with Crippen LogP contribution in [0.25, 0.3) is 10.9 Å². The number of aromatic hydroxyl groups is 1. The maximum Gasteiger partial charge on any atom is 0.237 e. The summed E-state index contributed by atoms with van der Waals surface area (Å²) in [6, 6.07) is 8.48. The molecule has 1 amide bonds. The number of rotatable bonds is 5. The van der Waals surface area contributed by atoms with E-state index in [0.29, 0.717) is 28.5 Å². The van der Waals surface area contributed by atoms with Crippen molar-refractivity contribution in [3.8, 4) is 11.5 Å². The number of fused-ring (bicyclic) bond motifs is 1. The molecule has 5 rings (SSSR count). The molecule has 204 valence electrons. The summed E-state index contributed by atoms with van der Waals surface area (Å²) in [6.07, 6.45) is 11.5. The highest BCUT2D eigenvalue weighted by Gasteiger charge is 2.33. The molecule has 2 fully saturated rings. The number of methoxy groups -OCH3 is 1.